The lowest BCUT2D eigenvalue weighted by Crippen LogP contribution is -2.30. The second kappa shape index (κ2) is 7.47. The number of hydrogen-bond acceptors (Lipinski definition) is 3. The Morgan fingerprint density at radius 2 is 1.90 bits per heavy atom. The van der Waals surface area contributed by atoms with E-state index >= 15 is 0 Å². The molecule has 1 rings (SSSR count). The number of benzene rings is 1. The van der Waals surface area contributed by atoms with Crippen LogP contribution in [-0.2, 0) is 4.74 Å². The van der Waals surface area contributed by atoms with Crippen molar-refractivity contribution in [2.24, 2.45) is 0 Å². The van der Waals surface area contributed by atoms with Gasteiger partial charge in [-0.15, -0.1) is 0 Å². The molecule has 0 fully saturated rings. The third-order valence-electron chi connectivity index (χ3n) is 2.71. The number of amides is 1. The van der Waals surface area contributed by atoms with Gasteiger partial charge in [-0.1, -0.05) is 12.1 Å². The standard InChI is InChI=1S/C14H17F2NO3/c1-4-17(5-2)14(18)20-12(13(15)16)10-7-6-8-11(9-10)19-3/h6-9H,4-5H2,1-3H3. The molecule has 1 aromatic rings. The average Bonchev–Trinajstić information content (AvgIpc) is 2.45. The van der Waals surface area contributed by atoms with E-state index in [9.17, 15) is 13.6 Å². The number of methoxy groups -OCH3 is 1. The molecule has 0 N–H and O–H groups in total. The first-order valence-electron chi connectivity index (χ1n) is 6.19. The summed E-state index contributed by atoms with van der Waals surface area (Å²) < 4.78 is 35.8. The number of carbonyl (C=O) groups excluding carboxylic acids is 1. The zero-order valence-electron chi connectivity index (χ0n) is 11.7. The summed E-state index contributed by atoms with van der Waals surface area (Å²) in [7, 11) is 1.43. The van der Waals surface area contributed by atoms with Gasteiger partial charge in [-0.2, -0.15) is 8.78 Å². The predicted molar refractivity (Wildman–Crippen MR) is 71.5 cm³/mol. The highest BCUT2D eigenvalue weighted by Crippen LogP contribution is 2.26. The van der Waals surface area contributed by atoms with E-state index in [0.29, 0.717) is 18.8 Å². The van der Waals surface area contributed by atoms with Crippen LogP contribution in [0.3, 0.4) is 0 Å². The van der Waals surface area contributed by atoms with Crippen molar-refractivity contribution in [2.45, 2.75) is 13.8 Å². The Hall–Kier alpha value is -2.11. The number of ether oxygens (including phenoxy) is 2. The fourth-order valence-electron chi connectivity index (χ4n) is 1.60. The van der Waals surface area contributed by atoms with Crippen LogP contribution in [0.5, 0.6) is 5.75 Å². The van der Waals surface area contributed by atoms with E-state index in [4.69, 9.17) is 9.47 Å². The fourth-order valence-corrected chi connectivity index (χ4v) is 1.60. The van der Waals surface area contributed by atoms with Crippen LogP contribution in [0, 0.1) is 0 Å². The molecule has 0 atom stereocenters. The minimum Gasteiger partial charge on any atom is -0.497 e. The van der Waals surface area contributed by atoms with Crippen molar-refractivity contribution in [3.63, 3.8) is 0 Å². The molecule has 0 spiro atoms. The van der Waals surface area contributed by atoms with Gasteiger partial charge in [0.2, 0.25) is 5.76 Å². The van der Waals surface area contributed by atoms with Crippen molar-refractivity contribution in [1.29, 1.82) is 0 Å². The molecule has 0 bridgehead atoms. The molecule has 0 saturated heterocycles. The lowest BCUT2D eigenvalue weighted by Gasteiger charge is -2.18. The number of carbonyl (C=O) groups is 1. The summed E-state index contributed by atoms with van der Waals surface area (Å²) in [5.41, 5.74) is 0.0878. The Bertz CT molecular complexity index is 495. The highest BCUT2D eigenvalue weighted by Gasteiger charge is 2.19. The van der Waals surface area contributed by atoms with Crippen molar-refractivity contribution in [3.8, 4) is 5.75 Å². The number of hydrogen-bond donors (Lipinski definition) is 0. The molecule has 0 heterocycles. The Balaban J connectivity index is 3.02. The third-order valence-corrected chi connectivity index (χ3v) is 2.71. The highest BCUT2D eigenvalue weighted by atomic mass is 19.3. The molecule has 20 heavy (non-hydrogen) atoms. The molecule has 0 aromatic heterocycles. The van der Waals surface area contributed by atoms with Crippen molar-refractivity contribution in [2.75, 3.05) is 20.2 Å². The summed E-state index contributed by atoms with van der Waals surface area (Å²) in [5.74, 6) is -0.346. The summed E-state index contributed by atoms with van der Waals surface area (Å²) in [6.07, 6.45) is -2.86. The molecule has 0 aliphatic rings. The van der Waals surface area contributed by atoms with Crippen LogP contribution in [0.1, 0.15) is 19.4 Å². The molecular weight excluding hydrogens is 268 g/mol. The smallest absolute Gasteiger partial charge is 0.415 e. The lowest BCUT2D eigenvalue weighted by molar-refractivity contribution is 0.145. The normalized spacial score (nSPS) is 9.85. The number of halogens is 2. The zero-order valence-corrected chi connectivity index (χ0v) is 11.7. The van der Waals surface area contributed by atoms with E-state index in [1.807, 2.05) is 0 Å². The van der Waals surface area contributed by atoms with E-state index < -0.39 is 17.9 Å². The van der Waals surface area contributed by atoms with Gasteiger partial charge in [0.25, 0.3) is 0 Å². The van der Waals surface area contributed by atoms with Crippen molar-refractivity contribution in [3.05, 3.63) is 35.9 Å². The fraction of sp³-hybridized carbons (Fsp3) is 0.357. The van der Waals surface area contributed by atoms with E-state index in [1.54, 1.807) is 26.0 Å². The lowest BCUT2D eigenvalue weighted by atomic mass is 10.2. The van der Waals surface area contributed by atoms with Gasteiger partial charge in [-0.05, 0) is 26.0 Å². The Morgan fingerprint density at radius 3 is 2.40 bits per heavy atom. The van der Waals surface area contributed by atoms with Gasteiger partial charge in [0.1, 0.15) is 5.75 Å². The van der Waals surface area contributed by atoms with Gasteiger partial charge < -0.3 is 14.4 Å². The van der Waals surface area contributed by atoms with Gasteiger partial charge in [0.15, 0.2) is 0 Å². The highest BCUT2D eigenvalue weighted by molar-refractivity contribution is 5.77. The van der Waals surface area contributed by atoms with Gasteiger partial charge in [-0.3, -0.25) is 0 Å². The minimum absolute atomic E-state index is 0.0878. The van der Waals surface area contributed by atoms with Crippen LogP contribution in [0.15, 0.2) is 30.3 Å². The third kappa shape index (κ3) is 3.94. The Kier molecular flexibility index (Phi) is 5.96. The largest absolute Gasteiger partial charge is 0.497 e. The summed E-state index contributed by atoms with van der Waals surface area (Å²) >= 11 is 0. The number of nitrogens with zero attached hydrogens (tertiary/aromatic N) is 1. The van der Waals surface area contributed by atoms with E-state index in [2.05, 4.69) is 0 Å². The van der Waals surface area contributed by atoms with Crippen molar-refractivity contribution in [1.82, 2.24) is 4.90 Å². The van der Waals surface area contributed by atoms with Crippen molar-refractivity contribution < 1.29 is 23.0 Å². The molecule has 0 unspecified atom stereocenters. The van der Waals surface area contributed by atoms with Gasteiger partial charge >= 0.3 is 12.2 Å². The summed E-state index contributed by atoms with van der Waals surface area (Å²) in [6, 6.07) is 5.96. The second-order valence-electron chi connectivity index (χ2n) is 3.86. The maximum Gasteiger partial charge on any atom is 0.415 e. The quantitative estimate of drug-likeness (QED) is 0.774. The maximum atomic E-state index is 13.0. The van der Waals surface area contributed by atoms with Gasteiger partial charge in [0.05, 0.1) is 7.11 Å². The predicted octanol–water partition coefficient (Wildman–Crippen LogP) is 3.74. The number of rotatable bonds is 5. The molecule has 110 valence electrons. The monoisotopic (exact) mass is 285 g/mol. The molecule has 0 radical (unpaired) electrons. The van der Waals surface area contributed by atoms with E-state index in [0.717, 1.165) is 0 Å². The summed E-state index contributed by atoms with van der Waals surface area (Å²) in [4.78, 5) is 13.1. The SMILES string of the molecule is CCN(CC)C(=O)OC(=C(F)F)c1cccc(OC)c1. The van der Waals surface area contributed by atoms with E-state index in [1.165, 1.54) is 24.1 Å². The zero-order chi connectivity index (χ0) is 15.1. The minimum atomic E-state index is -2.06. The topological polar surface area (TPSA) is 38.8 Å². The van der Waals surface area contributed by atoms with Gasteiger partial charge in [-0.25, -0.2) is 4.79 Å². The molecule has 0 saturated carbocycles. The maximum absolute atomic E-state index is 13.0. The molecule has 0 aliphatic heterocycles. The van der Waals surface area contributed by atoms with Gasteiger partial charge in [0, 0.05) is 18.7 Å². The molecule has 4 nitrogen and oxygen atoms in total. The first-order valence-corrected chi connectivity index (χ1v) is 6.19. The van der Waals surface area contributed by atoms with Crippen LogP contribution in [-0.4, -0.2) is 31.2 Å². The van der Waals surface area contributed by atoms with E-state index in [-0.39, 0.29) is 5.56 Å². The molecule has 6 heteroatoms. The van der Waals surface area contributed by atoms with Crippen LogP contribution in [0.25, 0.3) is 5.76 Å². The van der Waals surface area contributed by atoms with Crippen LogP contribution >= 0.6 is 0 Å². The molecule has 0 aliphatic carbocycles. The molecule has 1 amide bonds. The Morgan fingerprint density at radius 1 is 1.25 bits per heavy atom. The van der Waals surface area contributed by atoms with Crippen LogP contribution < -0.4 is 4.74 Å². The van der Waals surface area contributed by atoms with Crippen molar-refractivity contribution >= 4 is 11.9 Å². The first kappa shape index (κ1) is 15.9. The Labute approximate surface area is 116 Å². The second-order valence-corrected chi connectivity index (χ2v) is 3.86. The molecular formula is C14H17F2NO3. The summed E-state index contributed by atoms with van der Waals surface area (Å²) in [6.45, 7) is 4.25. The first-order chi connectivity index (χ1) is 9.53. The average molecular weight is 285 g/mol. The van der Waals surface area contributed by atoms with Crippen LogP contribution in [0.4, 0.5) is 13.6 Å². The van der Waals surface area contributed by atoms with Crippen LogP contribution in [0.2, 0.25) is 0 Å². The molecule has 1 aromatic carbocycles. The summed E-state index contributed by atoms with van der Waals surface area (Å²) in [5, 5.41) is 0.